The highest BCUT2D eigenvalue weighted by atomic mass is 19.1. The largest absolute Gasteiger partial charge is 0.376 e. The minimum Gasteiger partial charge on any atom is -0.376 e. The van der Waals surface area contributed by atoms with Gasteiger partial charge in [0.1, 0.15) is 23.0 Å². The summed E-state index contributed by atoms with van der Waals surface area (Å²) < 4.78 is 42.0. The topological polar surface area (TPSA) is 125 Å². The lowest BCUT2D eigenvalue weighted by Crippen LogP contribution is -2.40. The van der Waals surface area contributed by atoms with Crippen LogP contribution in [0, 0.1) is 25.5 Å². The van der Waals surface area contributed by atoms with Crippen molar-refractivity contribution in [2.45, 2.75) is 58.6 Å². The van der Waals surface area contributed by atoms with Crippen molar-refractivity contribution in [3.05, 3.63) is 123 Å². The van der Waals surface area contributed by atoms with Gasteiger partial charge in [0.05, 0.1) is 47.2 Å². The molecular weight excluding hydrogens is 706 g/mol. The second kappa shape index (κ2) is 12.4. The van der Waals surface area contributed by atoms with Gasteiger partial charge >= 0.3 is 5.69 Å². The fraction of sp³-hybridized carbons (Fsp3) is 0.293. The van der Waals surface area contributed by atoms with E-state index in [1.807, 2.05) is 6.07 Å². The van der Waals surface area contributed by atoms with E-state index in [4.69, 9.17) is 4.74 Å². The Labute approximate surface area is 313 Å². The molecule has 1 amide bonds. The van der Waals surface area contributed by atoms with Gasteiger partial charge in [-0.2, -0.15) is 10.2 Å². The van der Waals surface area contributed by atoms with Crippen molar-refractivity contribution in [2.24, 2.45) is 7.05 Å². The number of benzene rings is 3. The quantitative estimate of drug-likeness (QED) is 0.212. The van der Waals surface area contributed by atoms with E-state index in [1.165, 1.54) is 48.9 Å². The number of aromatic nitrogens is 7. The summed E-state index contributed by atoms with van der Waals surface area (Å²) in [4.78, 5) is 47.0. The number of rotatable bonds is 5. The first-order chi connectivity index (χ1) is 26.3. The molecule has 14 heteroatoms. The van der Waals surface area contributed by atoms with E-state index in [1.54, 1.807) is 49.8 Å². The second-order valence-electron chi connectivity index (χ2n) is 15.3. The summed E-state index contributed by atoms with van der Waals surface area (Å²) in [5.41, 5.74) is 3.52. The van der Waals surface area contributed by atoms with Gasteiger partial charge in [-0.1, -0.05) is 6.07 Å². The van der Waals surface area contributed by atoms with Crippen LogP contribution in [-0.4, -0.2) is 69.0 Å². The van der Waals surface area contributed by atoms with Gasteiger partial charge < -0.3 is 14.6 Å². The number of Topliss-reactive ketones (excluding diaryl/α,β-unsaturated/α-hetero) is 1. The number of aromatic amines is 1. The molecule has 1 atom stereocenters. The highest BCUT2D eigenvalue weighted by molar-refractivity contribution is 6.05. The van der Waals surface area contributed by atoms with Crippen molar-refractivity contribution < 1.29 is 23.1 Å². The van der Waals surface area contributed by atoms with Crippen LogP contribution >= 0.6 is 0 Å². The summed E-state index contributed by atoms with van der Waals surface area (Å²) in [6, 6.07) is 14.3. The van der Waals surface area contributed by atoms with Gasteiger partial charge in [-0.15, -0.1) is 0 Å². The molecule has 6 heterocycles. The normalized spacial score (nSPS) is 17.0. The molecule has 12 nitrogen and oxygen atoms in total. The van der Waals surface area contributed by atoms with E-state index in [-0.39, 0.29) is 47.1 Å². The monoisotopic (exact) mass is 744 g/mol. The molecule has 9 rings (SSSR count). The smallest absolute Gasteiger partial charge is 0.338 e. The van der Waals surface area contributed by atoms with Crippen LogP contribution in [0.25, 0.3) is 39.0 Å². The van der Waals surface area contributed by atoms with E-state index >= 15 is 4.39 Å². The summed E-state index contributed by atoms with van der Waals surface area (Å²) in [5, 5.41) is 9.95. The maximum absolute atomic E-state index is 15.8. The van der Waals surface area contributed by atoms with Gasteiger partial charge in [-0.3, -0.25) is 23.4 Å². The number of hydrogen-bond donors (Lipinski definition) is 1. The van der Waals surface area contributed by atoms with Gasteiger partial charge in [0.2, 0.25) is 5.78 Å². The van der Waals surface area contributed by atoms with Crippen LogP contribution in [0.2, 0.25) is 0 Å². The third-order valence-electron chi connectivity index (χ3n) is 11.0. The number of imidazole rings is 1. The molecule has 0 aliphatic carbocycles. The third kappa shape index (κ3) is 5.61. The van der Waals surface area contributed by atoms with Crippen molar-refractivity contribution >= 4 is 33.5 Å². The number of nitrogens with one attached hydrogen (secondary N) is 1. The van der Waals surface area contributed by atoms with Crippen LogP contribution in [-0.2, 0) is 18.3 Å². The van der Waals surface area contributed by atoms with Crippen LogP contribution in [0.5, 0.6) is 0 Å². The first-order valence-corrected chi connectivity index (χ1v) is 18.2. The number of aryl methyl sites for hydroxylation is 3. The number of amides is 1. The number of fused-ring (bicyclic) bond motifs is 3. The molecule has 0 spiro atoms. The minimum absolute atomic E-state index is 0.00744. The molecule has 4 aromatic heterocycles. The van der Waals surface area contributed by atoms with Crippen molar-refractivity contribution in [1.82, 2.24) is 38.6 Å². The lowest BCUT2D eigenvalue weighted by molar-refractivity contribution is -0.0592. The predicted octanol–water partition coefficient (Wildman–Crippen LogP) is 6.59. The Morgan fingerprint density at radius 2 is 1.73 bits per heavy atom. The molecule has 1 saturated heterocycles. The zero-order chi connectivity index (χ0) is 38.5. The first kappa shape index (κ1) is 34.6. The molecule has 2 aliphatic rings. The molecule has 1 N–H and O–H groups in total. The summed E-state index contributed by atoms with van der Waals surface area (Å²) >= 11 is 0. The fourth-order valence-corrected chi connectivity index (χ4v) is 8.22. The first-order valence-electron chi connectivity index (χ1n) is 18.2. The van der Waals surface area contributed by atoms with Crippen molar-refractivity contribution in [3.63, 3.8) is 0 Å². The highest BCUT2D eigenvalue weighted by Crippen LogP contribution is 2.37. The molecule has 7 aromatic rings. The number of carbonyl (C=O) groups is 2. The van der Waals surface area contributed by atoms with Gasteiger partial charge in [-0.25, -0.2) is 18.3 Å². The van der Waals surface area contributed by atoms with Crippen LogP contribution < -0.4 is 5.69 Å². The van der Waals surface area contributed by atoms with Crippen molar-refractivity contribution in [1.29, 1.82) is 0 Å². The standard InChI is InChI=1S/C41H38F2N8O4/c1-22-14-27(15-23(2)35(22)42)51-38(50-12-11-49(40(50)54)33-9-8-32-28(36(33)43)19-44-47(32)5)29-20-48(21-34(52)37(29)46-51)39(53)31-17-26-16-24(6-7-30(26)45-31)25-10-13-55-41(3,4)18-25/h6-9,11-12,14-17,19,25,45H,10,13,18,20-21H2,1-5H3. The zero-order valence-electron chi connectivity index (χ0n) is 31.0. The summed E-state index contributed by atoms with van der Waals surface area (Å²) in [5.74, 6) is -1.32. The van der Waals surface area contributed by atoms with Gasteiger partial charge in [0.25, 0.3) is 5.91 Å². The molecule has 1 fully saturated rings. The number of ketones is 1. The summed E-state index contributed by atoms with van der Waals surface area (Å²) in [6.45, 7) is 7.82. The van der Waals surface area contributed by atoms with Crippen LogP contribution in [0.15, 0.2) is 71.9 Å². The highest BCUT2D eigenvalue weighted by Gasteiger charge is 2.36. The third-order valence-corrected chi connectivity index (χ3v) is 11.0. The predicted molar refractivity (Wildman–Crippen MR) is 202 cm³/mol. The summed E-state index contributed by atoms with van der Waals surface area (Å²) in [6.07, 6.45) is 6.10. The molecule has 3 aromatic carbocycles. The molecule has 2 aliphatic heterocycles. The molecule has 0 bridgehead atoms. The minimum atomic E-state index is -0.642. The van der Waals surface area contributed by atoms with Crippen LogP contribution in [0.1, 0.15) is 75.8 Å². The SMILES string of the molecule is Cc1cc(-n2nc3c(c2-n2ccn(-c4ccc5c(cnn5C)c4F)c2=O)CN(C(=O)c2cc4cc(C5CCOC(C)(C)C5)ccc4[nH]2)CC3=O)cc(C)c1F. The molecular formula is C41H38F2N8O4. The zero-order valence-corrected chi connectivity index (χ0v) is 31.0. The lowest BCUT2D eigenvalue weighted by atomic mass is 9.83. The van der Waals surface area contributed by atoms with E-state index in [0.29, 0.717) is 46.1 Å². The van der Waals surface area contributed by atoms with E-state index < -0.39 is 23.2 Å². The van der Waals surface area contributed by atoms with E-state index in [0.717, 1.165) is 23.7 Å². The fourth-order valence-electron chi connectivity index (χ4n) is 8.22. The van der Waals surface area contributed by atoms with E-state index in [9.17, 15) is 18.8 Å². The van der Waals surface area contributed by atoms with Gasteiger partial charge in [0.15, 0.2) is 5.82 Å². The summed E-state index contributed by atoms with van der Waals surface area (Å²) in [7, 11) is 1.70. The Bertz CT molecular complexity index is 2780. The molecule has 0 radical (unpaired) electrons. The molecule has 55 heavy (non-hydrogen) atoms. The van der Waals surface area contributed by atoms with Gasteiger partial charge in [-0.05, 0) is 106 Å². The maximum atomic E-state index is 15.8. The Hall–Kier alpha value is -6.15. The number of ether oxygens (including phenoxy) is 1. The Morgan fingerprint density at radius 1 is 0.964 bits per heavy atom. The molecule has 280 valence electrons. The van der Waals surface area contributed by atoms with Crippen LogP contribution in [0.3, 0.4) is 0 Å². The number of H-pyrrole nitrogens is 1. The maximum Gasteiger partial charge on any atom is 0.338 e. The van der Waals surface area contributed by atoms with Crippen molar-refractivity contribution in [2.75, 3.05) is 13.2 Å². The average molecular weight is 745 g/mol. The van der Waals surface area contributed by atoms with Gasteiger partial charge in [0, 0.05) is 42.5 Å². The Morgan fingerprint density at radius 3 is 2.49 bits per heavy atom. The Balaban J connectivity index is 1.12. The average Bonchev–Trinajstić information content (AvgIpc) is 3.94. The second-order valence-corrected chi connectivity index (χ2v) is 15.3. The van der Waals surface area contributed by atoms with E-state index in [2.05, 4.69) is 41.2 Å². The van der Waals surface area contributed by atoms with Crippen LogP contribution in [0.4, 0.5) is 8.78 Å². The number of carbonyl (C=O) groups excluding carboxylic acids is 2. The number of halogens is 2. The lowest BCUT2D eigenvalue weighted by Gasteiger charge is -2.35. The number of nitrogens with zero attached hydrogens (tertiary/aromatic N) is 7. The number of hydrogen-bond acceptors (Lipinski definition) is 6. The Kier molecular flexibility index (Phi) is 7.83. The van der Waals surface area contributed by atoms with Crippen molar-refractivity contribution in [3.8, 4) is 17.2 Å². The molecule has 1 unspecified atom stereocenters. The molecule has 0 saturated carbocycles.